The molecule has 0 saturated carbocycles. The van der Waals surface area contributed by atoms with Crippen molar-refractivity contribution in [3.8, 4) is 0 Å². The summed E-state index contributed by atoms with van der Waals surface area (Å²) in [6, 6.07) is 0. The van der Waals surface area contributed by atoms with Crippen LogP contribution in [0.2, 0.25) is 0 Å². The Kier molecular flexibility index (Phi) is 14.3. The fraction of sp³-hybridized carbons (Fsp3) is 1.00. The summed E-state index contributed by atoms with van der Waals surface area (Å²) >= 11 is 0. The van der Waals surface area contributed by atoms with E-state index in [1.807, 2.05) is 0 Å². The summed E-state index contributed by atoms with van der Waals surface area (Å²) in [5.41, 5.74) is 0. The Morgan fingerprint density at radius 3 is 1.44 bits per heavy atom. The Balaban J connectivity index is 0. The third-order valence-electron chi connectivity index (χ3n) is 0.298. The van der Waals surface area contributed by atoms with Gasteiger partial charge in [0.25, 0.3) is 0 Å². The van der Waals surface area contributed by atoms with Crippen molar-refractivity contribution in [2.24, 2.45) is 0 Å². The van der Waals surface area contributed by atoms with Gasteiger partial charge in [-0.25, -0.2) is 0 Å². The highest BCUT2D eigenvalue weighted by atomic mass is 31.1. The number of rotatable bonds is 2. The molecular weight excluding hydrogens is 139 g/mol. The molecule has 0 fully saturated rings. The molecule has 0 aromatic rings. The second kappa shape index (κ2) is 10.9. The highest BCUT2D eigenvalue weighted by Gasteiger charge is 2.10. The summed E-state index contributed by atoms with van der Waals surface area (Å²) in [7, 11) is 0.817. The number of hydrogen-bond acceptors (Lipinski definition) is 3. The van der Waals surface area contributed by atoms with Crippen LogP contribution in [-0.4, -0.2) is 14.2 Å². The van der Waals surface area contributed by atoms with E-state index in [1.54, 1.807) is 0 Å². The molecule has 0 aromatic heterocycles. The molecule has 0 amide bonds. The van der Waals surface area contributed by atoms with Crippen LogP contribution < -0.4 is 0 Å². The topological polar surface area (TPSA) is 35.5 Å². The van der Waals surface area contributed by atoms with Crippen LogP contribution in [0.3, 0.4) is 0 Å². The molecule has 0 saturated heterocycles. The van der Waals surface area contributed by atoms with Crippen LogP contribution in [0.5, 0.6) is 0 Å². The van der Waals surface area contributed by atoms with Crippen LogP contribution in [0.25, 0.3) is 0 Å². The van der Waals surface area contributed by atoms with Crippen molar-refractivity contribution < 1.29 is 13.6 Å². The first-order valence-electron chi connectivity index (χ1n) is 2.78. The van der Waals surface area contributed by atoms with Gasteiger partial charge in [-0.15, -0.1) is 9.05 Å². The quantitative estimate of drug-likeness (QED) is 0.571. The van der Waals surface area contributed by atoms with Gasteiger partial charge in [-0.1, -0.05) is 20.3 Å². The summed E-state index contributed by atoms with van der Waals surface area (Å²) in [5, 5.41) is 0. The van der Waals surface area contributed by atoms with E-state index in [1.165, 1.54) is 20.6 Å². The summed E-state index contributed by atoms with van der Waals surface area (Å²) in [6.07, 6.45) is 1.25. The predicted molar refractivity (Wildman–Crippen MR) is 37.6 cm³/mol. The van der Waals surface area contributed by atoms with Gasteiger partial charge in [0.2, 0.25) is 0 Å². The molecule has 3 nitrogen and oxygen atoms in total. The van der Waals surface area contributed by atoms with Gasteiger partial charge >= 0.3 is 8.25 Å². The largest absolute Gasteiger partial charge is 0.696 e. The van der Waals surface area contributed by atoms with Crippen LogP contribution in [-0.2, 0) is 13.6 Å². The van der Waals surface area contributed by atoms with E-state index in [9.17, 15) is 4.57 Å². The lowest BCUT2D eigenvalue weighted by Gasteiger charge is -1.66. The second-order valence-corrected chi connectivity index (χ2v) is 2.47. The molecule has 0 aliphatic heterocycles. The molecule has 0 aromatic carbocycles. The van der Waals surface area contributed by atoms with Crippen molar-refractivity contribution in [1.29, 1.82) is 0 Å². The van der Waals surface area contributed by atoms with Crippen molar-refractivity contribution >= 4 is 8.25 Å². The zero-order chi connectivity index (χ0) is 7.70. The van der Waals surface area contributed by atoms with Gasteiger partial charge in [0.15, 0.2) is 0 Å². The van der Waals surface area contributed by atoms with Crippen LogP contribution >= 0.6 is 8.25 Å². The Bertz CT molecular complexity index is 59.2. The Hall–Kier alpha value is 0.0200. The van der Waals surface area contributed by atoms with E-state index in [-0.39, 0.29) is 0 Å². The van der Waals surface area contributed by atoms with E-state index in [0.717, 1.165) is 0 Å². The van der Waals surface area contributed by atoms with Crippen LogP contribution in [0.1, 0.15) is 20.3 Å². The Morgan fingerprint density at radius 1 is 1.22 bits per heavy atom. The van der Waals surface area contributed by atoms with Crippen molar-refractivity contribution in [3.63, 3.8) is 0 Å². The fourth-order valence-corrected chi connectivity index (χ4v) is 0.224. The molecule has 56 valence electrons. The lowest BCUT2D eigenvalue weighted by molar-refractivity contribution is 0.302. The minimum absolute atomic E-state index is 1.25. The molecular formula is C5H14O3P+. The fourth-order valence-electron chi connectivity index (χ4n) is 0.0745. The normalized spacial score (nSPS) is 7.56. The van der Waals surface area contributed by atoms with E-state index in [2.05, 4.69) is 22.9 Å². The Labute approximate surface area is 57.3 Å². The summed E-state index contributed by atoms with van der Waals surface area (Å²) in [4.78, 5) is 0. The smallest absolute Gasteiger partial charge is 0.122 e. The van der Waals surface area contributed by atoms with Crippen molar-refractivity contribution in [3.05, 3.63) is 0 Å². The van der Waals surface area contributed by atoms with Crippen molar-refractivity contribution in [2.75, 3.05) is 14.2 Å². The summed E-state index contributed by atoms with van der Waals surface area (Å²) in [6.45, 7) is 4.25. The molecule has 0 heterocycles. The molecule has 0 atom stereocenters. The third kappa shape index (κ3) is 18.0. The molecule has 0 aliphatic rings. The molecule has 4 heteroatoms. The second-order valence-electron chi connectivity index (χ2n) is 1.30. The molecule has 0 spiro atoms. The molecule has 0 radical (unpaired) electrons. The first-order chi connectivity index (χ1) is 4.22. The maximum atomic E-state index is 9.88. The van der Waals surface area contributed by atoms with Gasteiger partial charge in [0, 0.05) is 4.57 Å². The van der Waals surface area contributed by atoms with E-state index in [0.29, 0.717) is 0 Å². The monoisotopic (exact) mass is 153 g/mol. The first-order valence-corrected chi connectivity index (χ1v) is 3.87. The minimum atomic E-state index is -1.83. The van der Waals surface area contributed by atoms with Crippen LogP contribution in [0.4, 0.5) is 0 Å². The van der Waals surface area contributed by atoms with Gasteiger partial charge in [-0.2, -0.15) is 0 Å². The highest BCUT2D eigenvalue weighted by molar-refractivity contribution is 7.33. The molecule has 0 rings (SSSR count). The van der Waals surface area contributed by atoms with Gasteiger partial charge in [-0.3, -0.25) is 0 Å². The summed E-state index contributed by atoms with van der Waals surface area (Å²) in [5.74, 6) is 0. The van der Waals surface area contributed by atoms with Crippen molar-refractivity contribution in [1.82, 2.24) is 0 Å². The zero-order valence-electron chi connectivity index (χ0n) is 6.38. The van der Waals surface area contributed by atoms with E-state index < -0.39 is 8.25 Å². The Morgan fingerprint density at radius 2 is 1.44 bits per heavy atom. The predicted octanol–water partition coefficient (Wildman–Crippen LogP) is 2.35. The number of hydrogen-bond donors (Lipinski definition) is 0. The van der Waals surface area contributed by atoms with Gasteiger partial charge in [-0.05, 0) is 0 Å². The van der Waals surface area contributed by atoms with Crippen LogP contribution in [0.15, 0.2) is 0 Å². The third-order valence-corrected chi connectivity index (χ3v) is 0.894. The maximum Gasteiger partial charge on any atom is 0.696 e. The average molecular weight is 153 g/mol. The maximum absolute atomic E-state index is 9.88. The average Bonchev–Trinajstić information content (AvgIpc) is 1.88. The minimum Gasteiger partial charge on any atom is -0.122 e. The van der Waals surface area contributed by atoms with Crippen molar-refractivity contribution in [2.45, 2.75) is 20.3 Å². The molecule has 0 N–H and O–H groups in total. The van der Waals surface area contributed by atoms with Crippen LogP contribution in [0, 0.1) is 0 Å². The van der Waals surface area contributed by atoms with Gasteiger partial charge in [0.1, 0.15) is 0 Å². The lowest BCUT2D eigenvalue weighted by atomic mass is 10.6. The lowest BCUT2D eigenvalue weighted by Crippen LogP contribution is -1.66. The van der Waals surface area contributed by atoms with E-state index >= 15 is 0 Å². The molecule has 0 aliphatic carbocycles. The molecule has 0 unspecified atom stereocenters. The first kappa shape index (κ1) is 11.8. The summed E-state index contributed by atoms with van der Waals surface area (Å²) < 4.78 is 18.3. The standard InChI is InChI=1S/C3H8.C2H6O3P/c1-3-2;1-4-6(3)5-2/h3H2,1-2H3;1-2H3/q;+1. The van der Waals surface area contributed by atoms with E-state index in [4.69, 9.17) is 0 Å². The molecule has 9 heavy (non-hydrogen) atoms. The SMILES string of the molecule is CCC.CO[P+](=O)OC. The van der Waals surface area contributed by atoms with Gasteiger partial charge in [0.05, 0.1) is 14.2 Å². The highest BCUT2D eigenvalue weighted by Crippen LogP contribution is 2.18. The van der Waals surface area contributed by atoms with Gasteiger partial charge < -0.3 is 0 Å². The zero-order valence-corrected chi connectivity index (χ0v) is 7.27. The molecule has 0 bridgehead atoms.